The Labute approximate surface area is 133 Å². The minimum Gasteiger partial charge on any atom is -0.497 e. The number of methoxy groups -OCH3 is 1. The first kappa shape index (κ1) is 16.7. The lowest BCUT2D eigenvalue weighted by Gasteiger charge is -2.46. The number of aryl methyl sites for hydroxylation is 1. The molecule has 1 aliphatic rings. The molecule has 1 aromatic rings. The van der Waals surface area contributed by atoms with Crippen LogP contribution in [0.5, 0.6) is 5.75 Å². The van der Waals surface area contributed by atoms with Crippen LogP contribution in [0.2, 0.25) is 0 Å². The molecule has 0 aliphatic carbocycles. The standard InChI is InChI=1S/C17H28N2OS/c1-14-12-21-11-10-19(14)17(2,13-18)9-8-15-4-6-16(20-3)7-5-15/h4-7,14H,8-13,18H2,1-3H3. The van der Waals surface area contributed by atoms with Crippen LogP contribution >= 0.6 is 11.8 Å². The molecule has 21 heavy (non-hydrogen) atoms. The van der Waals surface area contributed by atoms with E-state index < -0.39 is 0 Å². The van der Waals surface area contributed by atoms with Gasteiger partial charge in [0, 0.05) is 36.2 Å². The maximum Gasteiger partial charge on any atom is 0.118 e. The van der Waals surface area contributed by atoms with Crippen molar-refractivity contribution in [2.45, 2.75) is 38.3 Å². The van der Waals surface area contributed by atoms with Crippen molar-refractivity contribution >= 4 is 11.8 Å². The molecule has 0 spiro atoms. The van der Waals surface area contributed by atoms with Crippen LogP contribution in [0.25, 0.3) is 0 Å². The highest BCUT2D eigenvalue weighted by Gasteiger charge is 2.34. The smallest absolute Gasteiger partial charge is 0.118 e. The average molecular weight is 308 g/mol. The van der Waals surface area contributed by atoms with Crippen molar-refractivity contribution < 1.29 is 4.74 Å². The summed E-state index contributed by atoms with van der Waals surface area (Å²) >= 11 is 2.06. The van der Waals surface area contributed by atoms with Gasteiger partial charge in [-0.05, 0) is 44.4 Å². The second-order valence-corrected chi connectivity index (χ2v) is 7.32. The van der Waals surface area contributed by atoms with Crippen molar-refractivity contribution in [1.82, 2.24) is 4.90 Å². The summed E-state index contributed by atoms with van der Waals surface area (Å²) in [6.45, 7) is 6.52. The Morgan fingerprint density at radius 3 is 2.67 bits per heavy atom. The Hall–Kier alpha value is -0.710. The Balaban J connectivity index is 1.99. The molecule has 1 aliphatic heterocycles. The van der Waals surface area contributed by atoms with Crippen molar-refractivity contribution in [3.8, 4) is 5.75 Å². The highest BCUT2D eigenvalue weighted by Crippen LogP contribution is 2.28. The Bertz CT molecular complexity index is 437. The largest absolute Gasteiger partial charge is 0.497 e. The molecule has 1 saturated heterocycles. The van der Waals surface area contributed by atoms with Gasteiger partial charge in [-0.1, -0.05) is 12.1 Å². The molecule has 0 amide bonds. The van der Waals surface area contributed by atoms with Crippen LogP contribution < -0.4 is 10.5 Å². The monoisotopic (exact) mass is 308 g/mol. The molecule has 0 bridgehead atoms. The molecule has 4 heteroatoms. The predicted molar refractivity (Wildman–Crippen MR) is 92.3 cm³/mol. The lowest BCUT2D eigenvalue weighted by Crippen LogP contribution is -2.58. The van der Waals surface area contributed by atoms with Crippen molar-refractivity contribution in [1.29, 1.82) is 0 Å². The number of ether oxygens (including phenoxy) is 1. The van der Waals surface area contributed by atoms with Gasteiger partial charge in [-0.3, -0.25) is 4.90 Å². The SMILES string of the molecule is COc1ccc(CCC(C)(CN)N2CCSCC2C)cc1. The van der Waals surface area contributed by atoms with Gasteiger partial charge in [0.05, 0.1) is 7.11 Å². The summed E-state index contributed by atoms with van der Waals surface area (Å²) in [7, 11) is 1.70. The maximum atomic E-state index is 6.14. The predicted octanol–water partition coefficient (Wildman–Crippen LogP) is 2.78. The highest BCUT2D eigenvalue weighted by atomic mass is 32.2. The van der Waals surface area contributed by atoms with E-state index in [1.54, 1.807) is 7.11 Å². The number of nitrogens with zero attached hydrogens (tertiary/aromatic N) is 1. The molecule has 0 radical (unpaired) electrons. The van der Waals surface area contributed by atoms with Crippen LogP contribution in [0.4, 0.5) is 0 Å². The zero-order valence-electron chi connectivity index (χ0n) is 13.5. The molecule has 1 fully saturated rings. The zero-order chi connectivity index (χ0) is 15.3. The minimum absolute atomic E-state index is 0.0975. The van der Waals surface area contributed by atoms with E-state index >= 15 is 0 Å². The van der Waals surface area contributed by atoms with Gasteiger partial charge in [-0.2, -0.15) is 11.8 Å². The van der Waals surface area contributed by atoms with Gasteiger partial charge in [-0.25, -0.2) is 0 Å². The van der Waals surface area contributed by atoms with Gasteiger partial charge in [0.25, 0.3) is 0 Å². The Morgan fingerprint density at radius 2 is 2.10 bits per heavy atom. The summed E-state index contributed by atoms with van der Waals surface area (Å²) in [5, 5.41) is 0. The summed E-state index contributed by atoms with van der Waals surface area (Å²) in [6.07, 6.45) is 2.17. The number of rotatable bonds is 6. The number of hydrogen-bond donors (Lipinski definition) is 1. The fourth-order valence-electron chi connectivity index (χ4n) is 3.10. The average Bonchev–Trinajstić information content (AvgIpc) is 2.53. The molecule has 1 heterocycles. The molecular weight excluding hydrogens is 280 g/mol. The van der Waals surface area contributed by atoms with E-state index in [2.05, 4.69) is 42.6 Å². The van der Waals surface area contributed by atoms with Gasteiger partial charge >= 0.3 is 0 Å². The molecule has 2 rings (SSSR count). The normalized spacial score (nSPS) is 22.8. The van der Waals surface area contributed by atoms with Gasteiger partial charge in [0.15, 0.2) is 0 Å². The van der Waals surface area contributed by atoms with E-state index in [-0.39, 0.29) is 5.54 Å². The Morgan fingerprint density at radius 1 is 1.38 bits per heavy atom. The van der Waals surface area contributed by atoms with E-state index in [9.17, 15) is 0 Å². The van der Waals surface area contributed by atoms with Crippen LogP contribution in [0.15, 0.2) is 24.3 Å². The number of nitrogens with two attached hydrogens (primary N) is 1. The molecule has 0 aromatic heterocycles. The van der Waals surface area contributed by atoms with Crippen LogP contribution in [0.3, 0.4) is 0 Å². The third kappa shape index (κ3) is 4.15. The first-order chi connectivity index (χ1) is 10.1. The third-order valence-corrected chi connectivity index (χ3v) is 5.80. The molecular formula is C17H28N2OS. The first-order valence-electron chi connectivity index (χ1n) is 7.76. The summed E-state index contributed by atoms with van der Waals surface area (Å²) in [4.78, 5) is 2.62. The second kappa shape index (κ2) is 7.52. The fraction of sp³-hybridized carbons (Fsp3) is 0.647. The van der Waals surface area contributed by atoms with E-state index in [4.69, 9.17) is 10.5 Å². The van der Waals surface area contributed by atoms with E-state index in [1.165, 1.54) is 17.1 Å². The highest BCUT2D eigenvalue weighted by molar-refractivity contribution is 7.99. The molecule has 2 unspecified atom stereocenters. The summed E-state index contributed by atoms with van der Waals surface area (Å²) in [6, 6.07) is 9.01. The van der Waals surface area contributed by atoms with Crippen LogP contribution in [-0.4, -0.2) is 48.2 Å². The number of benzene rings is 1. The Kier molecular flexibility index (Phi) is 5.97. The molecule has 0 saturated carbocycles. The quantitative estimate of drug-likeness (QED) is 0.877. The minimum atomic E-state index is 0.0975. The van der Waals surface area contributed by atoms with Crippen LogP contribution in [0, 0.1) is 0 Å². The van der Waals surface area contributed by atoms with Gasteiger partial charge in [0.1, 0.15) is 5.75 Å². The molecule has 1 aromatic carbocycles. The second-order valence-electron chi connectivity index (χ2n) is 6.17. The van der Waals surface area contributed by atoms with Crippen molar-refractivity contribution in [2.75, 3.05) is 31.7 Å². The van der Waals surface area contributed by atoms with Crippen molar-refractivity contribution in [3.05, 3.63) is 29.8 Å². The van der Waals surface area contributed by atoms with Crippen LogP contribution in [-0.2, 0) is 6.42 Å². The first-order valence-corrected chi connectivity index (χ1v) is 8.92. The maximum absolute atomic E-state index is 6.14. The lowest BCUT2D eigenvalue weighted by molar-refractivity contribution is 0.0745. The van der Waals surface area contributed by atoms with E-state index in [0.717, 1.165) is 31.7 Å². The molecule has 3 nitrogen and oxygen atoms in total. The number of hydrogen-bond acceptors (Lipinski definition) is 4. The van der Waals surface area contributed by atoms with Gasteiger partial charge in [0.2, 0.25) is 0 Å². The summed E-state index contributed by atoms with van der Waals surface area (Å²) < 4.78 is 5.21. The lowest BCUT2D eigenvalue weighted by atomic mass is 9.90. The van der Waals surface area contributed by atoms with Crippen molar-refractivity contribution in [3.63, 3.8) is 0 Å². The van der Waals surface area contributed by atoms with Gasteiger partial charge in [-0.15, -0.1) is 0 Å². The molecule has 118 valence electrons. The molecule has 2 N–H and O–H groups in total. The van der Waals surface area contributed by atoms with Crippen molar-refractivity contribution in [2.24, 2.45) is 5.73 Å². The van der Waals surface area contributed by atoms with Crippen LogP contribution in [0.1, 0.15) is 25.8 Å². The van der Waals surface area contributed by atoms with Gasteiger partial charge < -0.3 is 10.5 Å². The fourth-order valence-corrected chi connectivity index (χ4v) is 4.11. The van der Waals surface area contributed by atoms with E-state index in [0.29, 0.717) is 6.04 Å². The topological polar surface area (TPSA) is 38.5 Å². The number of thioether (sulfide) groups is 1. The summed E-state index contributed by atoms with van der Waals surface area (Å²) in [5.74, 6) is 3.36. The summed E-state index contributed by atoms with van der Waals surface area (Å²) in [5.41, 5.74) is 7.59. The third-order valence-electron chi connectivity index (χ3n) is 4.61. The zero-order valence-corrected chi connectivity index (χ0v) is 14.3. The molecule has 2 atom stereocenters. The van der Waals surface area contributed by atoms with E-state index in [1.807, 2.05) is 12.1 Å².